The van der Waals surface area contributed by atoms with Crippen LogP contribution in [-0.2, 0) is 4.79 Å². The lowest BCUT2D eigenvalue weighted by Crippen LogP contribution is -2.48. The summed E-state index contributed by atoms with van der Waals surface area (Å²) < 4.78 is 0. The van der Waals surface area contributed by atoms with Crippen molar-refractivity contribution in [2.75, 3.05) is 6.61 Å². The molecule has 0 aliphatic rings. The summed E-state index contributed by atoms with van der Waals surface area (Å²) >= 11 is 0. The van der Waals surface area contributed by atoms with Crippen molar-refractivity contribution in [1.29, 1.82) is 0 Å². The molecule has 0 aromatic heterocycles. The molecule has 0 radical (unpaired) electrons. The summed E-state index contributed by atoms with van der Waals surface area (Å²) in [6.07, 6.45) is 37.8. The van der Waals surface area contributed by atoms with E-state index in [9.17, 15) is 20.1 Å². The van der Waals surface area contributed by atoms with E-state index < -0.39 is 24.2 Å². The van der Waals surface area contributed by atoms with Gasteiger partial charge in [0.15, 0.2) is 0 Å². The predicted molar refractivity (Wildman–Crippen MR) is 181 cm³/mol. The van der Waals surface area contributed by atoms with Crippen molar-refractivity contribution >= 4 is 5.91 Å². The molecule has 3 atom stereocenters. The Hall–Kier alpha value is -1.17. The first-order chi connectivity index (χ1) is 20.6. The van der Waals surface area contributed by atoms with E-state index in [-0.39, 0.29) is 6.61 Å². The fourth-order valence-corrected chi connectivity index (χ4v) is 5.42. The van der Waals surface area contributed by atoms with Crippen molar-refractivity contribution < 1.29 is 20.1 Å². The fraction of sp³-hybridized carbons (Fsp3) is 0.865. The smallest absolute Gasteiger partial charge is 0.249 e. The molecular formula is C37H71NO4. The lowest BCUT2D eigenvalue weighted by molar-refractivity contribution is -0.131. The molecule has 42 heavy (non-hydrogen) atoms. The molecule has 4 N–H and O–H groups in total. The van der Waals surface area contributed by atoms with Crippen LogP contribution in [0.5, 0.6) is 0 Å². The van der Waals surface area contributed by atoms with Crippen LogP contribution in [0.25, 0.3) is 0 Å². The lowest BCUT2D eigenvalue weighted by Gasteiger charge is -2.21. The highest BCUT2D eigenvalue weighted by Gasteiger charge is 2.22. The Morgan fingerprint density at radius 3 is 1.43 bits per heavy atom. The van der Waals surface area contributed by atoms with Crippen LogP contribution in [0.3, 0.4) is 0 Å². The average Bonchev–Trinajstić information content (AvgIpc) is 2.99. The molecule has 1 amide bonds. The zero-order valence-electron chi connectivity index (χ0n) is 27.9. The number of aliphatic hydroxyl groups excluding tert-OH is 3. The average molecular weight is 594 g/mol. The van der Waals surface area contributed by atoms with Crippen LogP contribution in [0.4, 0.5) is 0 Å². The number of unbranched alkanes of at least 4 members (excludes halogenated alkanes) is 23. The van der Waals surface area contributed by atoms with Crippen molar-refractivity contribution in [1.82, 2.24) is 5.32 Å². The maximum Gasteiger partial charge on any atom is 0.249 e. The summed E-state index contributed by atoms with van der Waals surface area (Å²) in [5.74, 6) is -0.521. The van der Waals surface area contributed by atoms with Crippen LogP contribution in [0.2, 0.25) is 0 Å². The number of rotatable bonds is 32. The zero-order valence-corrected chi connectivity index (χ0v) is 27.9. The van der Waals surface area contributed by atoms with Crippen molar-refractivity contribution in [3.8, 4) is 0 Å². The minimum Gasteiger partial charge on any atom is -0.394 e. The number of nitrogens with one attached hydrogen (secondary N) is 1. The highest BCUT2D eigenvalue weighted by molar-refractivity contribution is 5.80. The molecule has 0 fully saturated rings. The Labute approximate surface area is 261 Å². The van der Waals surface area contributed by atoms with Crippen molar-refractivity contribution in [3.63, 3.8) is 0 Å². The molecule has 248 valence electrons. The molecule has 1 unspecified atom stereocenters. The number of hydrogen-bond donors (Lipinski definition) is 4. The van der Waals surface area contributed by atoms with Gasteiger partial charge in [0, 0.05) is 0 Å². The second kappa shape index (κ2) is 32.7. The van der Waals surface area contributed by atoms with Crippen LogP contribution in [0, 0.1) is 0 Å². The number of hydrogen-bond acceptors (Lipinski definition) is 4. The van der Waals surface area contributed by atoms with E-state index >= 15 is 0 Å². The van der Waals surface area contributed by atoms with Gasteiger partial charge in [0.05, 0.1) is 18.8 Å². The Morgan fingerprint density at radius 1 is 0.595 bits per heavy atom. The van der Waals surface area contributed by atoms with Crippen LogP contribution in [0.15, 0.2) is 24.3 Å². The van der Waals surface area contributed by atoms with Gasteiger partial charge in [-0.2, -0.15) is 0 Å². The third-order valence-electron chi connectivity index (χ3n) is 8.35. The molecule has 0 heterocycles. The van der Waals surface area contributed by atoms with Gasteiger partial charge in [0.25, 0.3) is 0 Å². The third kappa shape index (κ3) is 27.7. The van der Waals surface area contributed by atoms with Crippen LogP contribution >= 0.6 is 0 Å². The Morgan fingerprint density at radius 2 is 1.00 bits per heavy atom. The van der Waals surface area contributed by atoms with Gasteiger partial charge in [-0.25, -0.2) is 0 Å². The summed E-state index contributed by atoms with van der Waals surface area (Å²) in [5.41, 5.74) is 0. The van der Waals surface area contributed by atoms with Gasteiger partial charge in [-0.3, -0.25) is 4.79 Å². The summed E-state index contributed by atoms with van der Waals surface area (Å²) in [4.78, 5) is 12.4. The number of allylic oxidation sites excluding steroid dienone is 3. The van der Waals surface area contributed by atoms with E-state index in [0.29, 0.717) is 6.42 Å². The highest BCUT2D eigenvalue weighted by Crippen LogP contribution is 2.15. The van der Waals surface area contributed by atoms with Gasteiger partial charge in [0.2, 0.25) is 5.91 Å². The van der Waals surface area contributed by atoms with E-state index in [1.54, 1.807) is 12.2 Å². The van der Waals surface area contributed by atoms with Gasteiger partial charge in [-0.15, -0.1) is 0 Å². The van der Waals surface area contributed by atoms with E-state index in [1.165, 1.54) is 135 Å². The second-order valence-corrected chi connectivity index (χ2v) is 12.5. The van der Waals surface area contributed by atoms with Crippen LogP contribution in [-0.4, -0.2) is 46.1 Å². The third-order valence-corrected chi connectivity index (χ3v) is 8.35. The maximum atomic E-state index is 12.4. The van der Waals surface area contributed by atoms with E-state index in [2.05, 4.69) is 25.2 Å². The number of amides is 1. The minimum absolute atomic E-state index is 0.384. The van der Waals surface area contributed by atoms with Gasteiger partial charge in [0.1, 0.15) is 6.10 Å². The van der Waals surface area contributed by atoms with Gasteiger partial charge in [-0.1, -0.05) is 186 Å². The first-order valence-electron chi connectivity index (χ1n) is 18.2. The Bertz CT molecular complexity index is 621. The molecule has 0 aromatic rings. The summed E-state index contributed by atoms with van der Waals surface area (Å²) in [6.45, 7) is 4.12. The molecule has 0 aromatic carbocycles. The summed E-state index contributed by atoms with van der Waals surface area (Å²) in [7, 11) is 0. The van der Waals surface area contributed by atoms with Crippen molar-refractivity contribution in [2.24, 2.45) is 0 Å². The largest absolute Gasteiger partial charge is 0.394 e. The van der Waals surface area contributed by atoms with Crippen LogP contribution < -0.4 is 5.32 Å². The molecular weight excluding hydrogens is 522 g/mol. The number of aliphatic hydroxyl groups is 3. The molecule has 5 heteroatoms. The highest BCUT2D eigenvalue weighted by atomic mass is 16.3. The molecule has 0 saturated heterocycles. The summed E-state index contributed by atoms with van der Waals surface area (Å²) in [5, 5.41) is 32.8. The quantitative estimate of drug-likeness (QED) is 0.0462. The first-order valence-corrected chi connectivity index (χ1v) is 18.2. The van der Waals surface area contributed by atoms with Crippen LogP contribution in [0.1, 0.15) is 181 Å². The van der Waals surface area contributed by atoms with Gasteiger partial charge in [-0.05, 0) is 19.3 Å². The monoisotopic (exact) mass is 594 g/mol. The molecule has 5 nitrogen and oxygen atoms in total. The fourth-order valence-electron chi connectivity index (χ4n) is 5.42. The lowest BCUT2D eigenvalue weighted by atomic mass is 10.0. The summed E-state index contributed by atoms with van der Waals surface area (Å²) in [6, 6.07) is -0.823. The molecule has 0 rings (SSSR count). The predicted octanol–water partition coefficient (Wildman–Crippen LogP) is 9.48. The molecule has 0 aliphatic carbocycles. The first kappa shape index (κ1) is 40.8. The molecule has 0 spiro atoms. The molecule has 0 bridgehead atoms. The number of carbonyl (C=O) groups is 1. The standard InChI is InChI=1S/C37H71NO4/c1-3-5-7-9-11-13-15-16-17-18-19-20-21-22-24-26-28-30-32-36(41)37(42)38-34(33-39)35(40)31-29-27-25-23-14-12-10-8-6-4-2/h25,27,29,31,34-36,39-41H,3-24,26,28,30,32-33H2,1-2H3,(H,38,42)/b27-25+,31-29+/t34-,35+,36?/m0/s1. The van der Waals surface area contributed by atoms with E-state index in [0.717, 1.165) is 25.7 Å². The zero-order chi connectivity index (χ0) is 30.9. The maximum absolute atomic E-state index is 12.4. The Balaban J connectivity index is 3.72. The van der Waals surface area contributed by atoms with Gasteiger partial charge >= 0.3 is 0 Å². The minimum atomic E-state index is -1.10. The number of carbonyl (C=O) groups excluding carboxylic acids is 1. The normalized spacial score (nSPS) is 14.1. The van der Waals surface area contributed by atoms with E-state index in [4.69, 9.17) is 0 Å². The Kier molecular flexibility index (Phi) is 31.8. The second-order valence-electron chi connectivity index (χ2n) is 12.5. The SMILES string of the molecule is CCCCCCCC/C=C/C=C/[C@@H](O)[C@H](CO)NC(=O)C(O)CCCCCCCCCCCCCCCCCCCC. The molecule has 0 aliphatic heterocycles. The van der Waals surface area contributed by atoms with E-state index in [1.807, 2.05) is 6.08 Å². The topological polar surface area (TPSA) is 89.8 Å². The van der Waals surface area contributed by atoms with Crippen molar-refractivity contribution in [3.05, 3.63) is 24.3 Å². The van der Waals surface area contributed by atoms with Crippen molar-refractivity contribution in [2.45, 2.75) is 199 Å². The molecule has 0 saturated carbocycles. The van der Waals surface area contributed by atoms with Gasteiger partial charge < -0.3 is 20.6 Å².